The molecule has 4 nitrogen and oxygen atoms in total. The van der Waals surface area contributed by atoms with Crippen LogP contribution in [0.3, 0.4) is 0 Å². The number of nitrogens with zero attached hydrogens (tertiary/aromatic N) is 2. The van der Waals surface area contributed by atoms with Crippen molar-refractivity contribution in [1.29, 1.82) is 0 Å². The molecule has 0 saturated carbocycles. The Morgan fingerprint density at radius 1 is 1.39 bits per heavy atom. The van der Waals surface area contributed by atoms with E-state index in [0.717, 1.165) is 35.1 Å². The lowest BCUT2D eigenvalue weighted by Gasteiger charge is -2.26. The lowest BCUT2D eigenvalue weighted by atomic mass is 9.88. The normalized spacial score (nSPS) is 16.9. The van der Waals surface area contributed by atoms with Gasteiger partial charge < -0.3 is 5.32 Å². The molecule has 122 valence electrons. The second-order valence-corrected chi connectivity index (χ2v) is 6.96. The van der Waals surface area contributed by atoms with Crippen LogP contribution in [0, 0.1) is 13.8 Å². The van der Waals surface area contributed by atoms with Crippen molar-refractivity contribution < 1.29 is 4.79 Å². The third-order valence-corrected chi connectivity index (χ3v) is 5.70. The summed E-state index contributed by atoms with van der Waals surface area (Å²) in [6, 6.07) is 8.58. The van der Waals surface area contributed by atoms with Gasteiger partial charge in [-0.25, -0.2) is 0 Å². The summed E-state index contributed by atoms with van der Waals surface area (Å²) < 4.78 is 2.92. The molecule has 0 aliphatic heterocycles. The highest BCUT2D eigenvalue weighted by Gasteiger charge is 2.21. The van der Waals surface area contributed by atoms with Gasteiger partial charge in [0.05, 0.1) is 22.8 Å². The molecule has 5 heteroatoms. The lowest BCUT2D eigenvalue weighted by Crippen LogP contribution is -2.31. The van der Waals surface area contributed by atoms with Crippen LogP contribution in [0.2, 0.25) is 0 Å². The summed E-state index contributed by atoms with van der Waals surface area (Å²) in [5, 5.41) is 7.65. The maximum Gasteiger partial charge on any atom is 0.222 e. The van der Waals surface area contributed by atoms with Crippen LogP contribution in [-0.4, -0.2) is 15.7 Å². The van der Waals surface area contributed by atoms with Gasteiger partial charge in [0.2, 0.25) is 5.91 Å². The average molecular weight is 376 g/mol. The van der Waals surface area contributed by atoms with Gasteiger partial charge in [0.15, 0.2) is 0 Å². The van der Waals surface area contributed by atoms with Crippen molar-refractivity contribution in [1.82, 2.24) is 15.1 Å². The summed E-state index contributed by atoms with van der Waals surface area (Å²) in [6.45, 7) is 4.59. The molecule has 1 aromatic carbocycles. The first-order chi connectivity index (χ1) is 11.1. The molecule has 2 aromatic rings. The maximum absolute atomic E-state index is 12.3. The van der Waals surface area contributed by atoms with Crippen molar-refractivity contribution in [3.05, 3.63) is 51.3 Å². The SMILES string of the molecule is Cc1nn(CCC(=O)NC2CCCc3ccccc32)c(C)c1Br. The Morgan fingerprint density at radius 2 is 2.17 bits per heavy atom. The Kier molecular flexibility index (Phi) is 4.85. The molecule has 1 unspecified atom stereocenters. The topological polar surface area (TPSA) is 46.9 Å². The van der Waals surface area contributed by atoms with E-state index in [9.17, 15) is 4.79 Å². The molecular weight excluding hydrogens is 354 g/mol. The molecule has 1 aromatic heterocycles. The highest BCUT2D eigenvalue weighted by Crippen LogP contribution is 2.29. The Bertz CT molecular complexity index is 723. The Hall–Kier alpha value is -1.62. The Labute approximate surface area is 145 Å². The predicted molar refractivity (Wildman–Crippen MR) is 94.3 cm³/mol. The molecule has 1 heterocycles. The number of aromatic nitrogens is 2. The molecule has 1 atom stereocenters. The first-order valence-electron chi connectivity index (χ1n) is 8.13. The smallest absolute Gasteiger partial charge is 0.222 e. The maximum atomic E-state index is 12.3. The number of rotatable bonds is 4. The van der Waals surface area contributed by atoms with Crippen molar-refractivity contribution in [2.24, 2.45) is 0 Å². The molecule has 0 spiro atoms. The summed E-state index contributed by atoms with van der Waals surface area (Å²) in [6.07, 6.45) is 3.72. The molecule has 0 radical (unpaired) electrons. The summed E-state index contributed by atoms with van der Waals surface area (Å²) in [7, 11) is 0. The fourth-order valence-corrected chi connectivity index (χ4v) is 3.55. The van der Waals surface area contributed by atoms with Gasteiger partial charge in [0.1, 0.15) is 0 Å². The van der Waals surface area contributed by atoms with E-state index in [1.165, 1.54) is 11.1 Å². The number of fused-ring (bicyclic) bond motifs is 1. The number of amides is 1. The zero-order chi connectivity index (χ0) is 16.4. The molecule has 1 aliphatic rings. The van der Waals surface area contributed by atoms with Crippen LogP contribution in [-0.2, 0) is 17.8 Å². The van der Waals surface area contributed by atoms with E-state index < -0.39 is 0 Å². The first kappa shape index (κ1) is 16.2. The molecule has 0 saturated heterocycles. The third kappa shape index (κ3) is 3.50. The van der Waals surface area contributed by atoms with Crippen molar-refractivity contribution in [3.63, 3.8) is 0 Å². The molecule has 3 rings (SSSR count). The van der Waals surface area contributed by atoms with Gasteiger partial charge in [-0.15, -0.1) is 0 Å². The van der Waals surface area contributed by atoms with Gasteiger partial charge in [-0.1, -0.05) is 24.3 Å². The highest BCUT2D eigenvalue weighted by atomic mass is 79.9. The monoisotopic (exact) mass is 375 g/mol. The van der Waals surface area contributed by atoms with E-state index in [2.05, 4.69) is 50.6 Å². The zero-order valence-electron chi connectivity index (χ0n) is 13.6. The number of hydrogen-bond donors (Lipinski definition) is 1. The van der Waals surface area contributed by atoms with Gasteiger partial charge in [0.25, 0.3) is 0 Å². The van der Waals surface area contributed by atoms with E-state index in [1.807, 2.05) is 18.5 Å². The quantitative estimate of drug-likeness (QED) is 0.881. The van der Waals surface area contributed by atoms with Gasteiger partial charge in [-0.2, -0.15) is 5.10 Å². The average Bonchev–Trinajstić information content (AvgIpc) is 2.80. The van der Waals surface area contributed by atoms with Crippen LogP contribution in [0.4, 0.5) is 0 Å². The Balaban J connectivity index is 1.61. The molecule has 1 aliphatic carbocycles. The second-order valence-electron chi connectivity index (χ2n) is 6.17. The van der Waals surface area contributed by atoms with Gasteiger partial charge in [-0.3, -0.25) is 9.48 Å². The van der Waals surface area contributed by atoms with Crippen LogP contribution in [0.5, 0.6) is 0 Å². The minimum atomic E-state index is 0.0929. The molecular formula is C18H22BrN3O. The van der Waals surface area contributed by atoms with Crippen LogP contribution >= 0.6 is 15.9 Å². The van der Waals surface area contributed by atoms with Crippen molar-refractivity contribution in [2.45, 2.75) is 52.1 Å². The number of hydrogen-bond acceptors (Lipinski definition) is 2. The number of benzene rings is 1. The zero-order valence-corrected chi connectivity index (χ0v) is 15.2. The fourth-order valence-electron chi connectivity index (χ4n) is 3.27. The van der Waals surface area contributed by atoms with Crippen molar-refractivity contribution >= 4 is 21.8 Å². The summed E-state index contributed by atoms with van der Waals surface area (Å²) in [4.78, 5) is 12.3. The second kappa shape index (κ2) is 6.87. The van der Waals surface area contributed by atoms with Crippen molar-refractivity contribution in [2.75, 3.05) is 0 Å². The fraction of sp³-hybridized carbons (Fsp3) is 0.444. The minimum Gasteiger partial charge on any atom is -0.349 e. The van der Waals surface area contributed by atoms with Crippen LogP contribution in [0.25, 0.3) is 0 Å². The van der Waals surface area contributed by atoms with E-state index in [1.54, 1.807) is 0 Å². The summed E-state index contributed by atoms with van der Waals surface area (Å²) in [5.74, 6) is 0.0929. The lowest BCUT2D eigenvalue weighted by molar-refractivity contribution is -0.122. The Morgan fingerprint density at radius 3 is 2.91 bits per heavy atom. The first-order valence-corrected chi connectivity index (χ1v) is 8.92. The van der Waals surface area contributed by atoms with Gasteiger partial charge >= 0.3 is 0 Å². The predicted octanol–water partition coefficient (Wildman–Crippen LogP) is 3.85. The summed E-state index contributed by atoms with van der Waals surface area (Å²) in [5.41, 5.74) is 4.68. The van der Waals surface area contributed by atoms with Crippen LogP contribution < -0.4 is 5.32 Å². The molecule has 23 heavy (non-hydrogen) atoms. The minimum absolute atomic E-state index is 0.0929. The van der Waals surface area contributed by atoms with E-state index in [-0.39, 0.29) is 11.9 Å². The van der Waals surface area contributed by atoms with Gasteiger partial charge in [-0.05, 0) is 60.2 Å². The number of carbonyl (C=O) groups excluding carboxylic acids is 1. The molecule has 1 N–H and O–H groups in total. The van der Waals surface area contributed by atoms with Crippen LogP contribution in [0.15, 0.2) is 28.7 Å². The molecule has 0 bridgehead atoms. The highest BCUT2D eigenvalue weighted by molar-refractivity contribution is 9.10. The number of carbonyl (C=O) groups is 1. The number of nitrogens with one attached hydrogen (secondary N) is 1. The largest absolute Gasteiger partial charge is 0.349 e. The number of aryl methyl sites for hydroxylation is 3. The third-order valence-electron chi connectivity index (χ3n) is 4.55. The van der Waals surface area contributed by atoms with Crippen LogP contribution in [0.1, 0.15) is 47.8 Å². The summed E-state index contributed by atoms with van der Waals surface area (Å²) >= 11 is 3.52. The molecule has 1 amide bonds. The van der Waals surface area contributed by atoms with E-state index in [4.69, 9.17) is 0 Å². The standard InChI is InChI=1S/C18H22BrN3O/c1-12-18(19)13(2)22(21-12)11-10-17(23)20-16-9-5-7-14-6-3-4-8-15(14)16/h3-4,6,8,16H,5,7,9-11H2,1-2H3,(H,20,23). The van der Waals surface area contributed by atoms with E-state index in [0.29, 0.717) is 13.0 Å². The van der Waals surface area contributed by atoms with Gasteiger partial charge in [0, 0.05) is 12.1 Å². The van der Waals surface area contributed by atoms with Crippen molar-refractivity contribution in [3.8, 4) is 0 Å². The van der Waals surface area contributed by atoms with E-state index >= 15 is 0 Å². The molecule has 0 fully saturated rings. The number of halogens is 1.